The van der Waals surface area contributed by atoms with Crippen molar-refractivity contribution in [3.05, 3.63) is 10.4 Å². The summed E-state index contributed by atoms with van der Waals surface area (Å²) in [7, 11) is 0. The Morgan fingerprint density at radius 2 is 0.909 bits per heavy atom. The van der Waals surface area contributed by atoms with Crippen molar-refractivity contribution in [3.63, 3.8) is 0 Å². The number of rotatable bonds is 36. The molecule has 0 aliphatic heterocycles. The molecule has 0 saturated carbocycles. The van der Waals surface area contributed by atoms with Crippen LogP contribution in [0.15, 0.2) is 5.11 Å². The van der Waals surface area contributed by atoms with Crippen molar-refractivity contribution < 1.29 is 58.6 Å². The first-order chi connectivity index (χ1) is 26.5. The van der Waals surface area contributed by atoms with Gasteiger partial charge in [0.2, 0.25) is 35.4 Å². The van der Waals surface area contributed by atoms with Crippen LogP contribution in [0.3, 0.4) is 0 Å². The highest BCUT2D eigenvalue weighted by atomic mass is 16.5. The molecular weight excluding hydrogens is 726 g/mol. The third-order valence-electron chi connectivity index (χ3n) is 7.79. The van der Waals surface area contributed by atoms with E-state index in [9.17, 15) is 44.4 Å². The molecular formula is C34H63N9O12. The zero-order valence-electron chi connectivity index (χ0n) is 32.3. The second-order valence-corrected chi connectivity index (χ2v) is 12.4. The van der Waals surface area contributed by atoms with Crippen molar-refractivity contribution in [2.75, 3.05) is 85.5 Å². The lowest BCUT2D eigenvalue weighted by Crippen LogP contribution is -2.31. The Balaban J connectivity index is 3.70. The zero-order valence-corrected chi connectivity index (χ0v) is 32.3. The lowest BCUT2D eigenvalue weighted by atomic mass is 10.2. The quantitative estimate of drug-likeness (QED) is 0.0132. The van der Waals surface area contributed by atoms with Crippen molar-refractivity contribution in [3.8, 4) is 0 Å². The summed E-state index contributed by atoms with van der Waals surface area (Å²) in [5, 5.41) is 42.6. The Labute approximate surface area is 322 Å². The van der Waals surface area contributed by atoms with Gasteiger partial charge in [0.25, 0.3) is 0 Å². The molecule has 0 aliphatic rings. The Bertz CT molecular complexity index is 1140. The molecule has 21 nitrogen and oxygen atoms in total. The Hall–Kier alpha value is -4.11. The molecule has 0 radical (unpaired) electrons. The van der Waals surface area contributed by atoms with Gasteiger partial charge in [-0.15, -0.1) is 0 Å². The summed E-state index contributed by atoms with van der Waals surface area (Å²) < 4.78 is 15.9. The minimum Gasteiger partial charge on any atom is -0.379 e. The lowest BCUT2D eigenvalue weighted by molar-refractivity contribution is -0.166. The molecule has 6 N–H and O–H groups in total. The van der Waals surface area contributed by atoms with Crippen LogP contribution in [0.5, 0.6) is 0 Å². The van der Waals surface area contributed by atoms with Crippen LogP contribution in [0.25, 0.3) is 10.4 Å². The maximum atomic E-state index is 12.2. The van der Waals surface area contributed by atoms with Crippen molar-refractivity contribution in [1.82, 2.24) is 31.1 Å². The topological polar surface area (TPSA) is 285 Å². The van der Waals surface area contributed by atoms with Crippen molar-refractivity contribution in [1.29, 1.82) is 0 Å². The van der Waals surface area contributed by atoms with E-state index in [1.807, 2.05) is 0 Å². The van der Waals surface area contributed by atoms with Crippen LogP contribution in [0.4, 0.5) is 0 Å². The molecule has 0 aromatic heterocycles. The molecule has 0 rings (SSSR count). The molecule has 0 bridgehead atoms. The highest BCUT2D eigenvalue weighted by Gasteiger charge is 2.14. The number of nitrogens with one attached hydrogen (secondary N) is 3. The third kappa shape index (κ3) is 33.0. The van der Waals surface area contributed by atoms with Gasteiger partial charge < -0.3 is 30.2 Å². The third-order valence-corrected chi connectivity index (χ3v) is 7.79. The van der Waals surface area contributed by atoms with E-state index in [1.165, 1.54) is 6.92 Å². The fourth-order valence-corrected chi connectivity index (χ4v) is 4.60. The van der Waals surface area contributed by atoms with Crippen LogP contribution in [0, 0.1) is 0 Å². The van der Waals surface area contributed by atoms with Crippen molar-refractivity contribution >= 4 is 35.4 Å². The van der Waals surface area contributed by atoms with Gasteiger partial charge in [-0.3, -0.25) is 44.4 Å². The summed E-state index contributed by atoms with van der Waals surface area (Å²) in [6.07, 6.45) is 5.30. The van der Waals surface area contributed by atoms with E-state index in [2.05, 4.69) is 26.0 Å². The van der Waals surface area contributed by atoms with Crippen LogP contribution in [-0.2, 0) is 43.0 Å². The normalized spacial score (nSPS) is 10.6. The average molecular weight is 790 g/mol. The molecule has 0 unspecified atom stereocenters. The summed E-state index contributed by atoms with van der Waals surface area (Å²) in [6.45, 7) is 5.26. The minimum absolute atomic E-state index is 0.0613. The number of hydrogen-bond donors (Lipinski definition) is 6. The van der Waals surface area contributed by atoms with Crippen molar-refractivity contribution in [2.24, 2.45) is 5.11 Å². The average Bonchev–Trinajstić information content (AvgIpc) is 3.16. The lowest BCUT2D eigenvalue weighted by Gasteiger charge is -2.15. The van der Waals surface area contributed by atoms with E-state index in [0.29, 0.717) is 126 Å². The zero-order chi connectivity index (χ0) is 40.9. The van der Waals surface area contributed by atoms with Crippen LogP contribution in [0.1, 0.15) is 96.8 Å². The van der Waals surface area contributed by atoms with Gasteiger partial charge in [0, 0.05) is 89.8 Å². The van der Waals surface area contributed by atoms with E-state index < -0.39 is 17.7 Å². The Morgan fingerprint density at radius 1 is 0.527 bits per heavy atom. The second kappa shape index (κ2) is 35.6. The number of amides is 6. The predicted molar refractivity (Wildman–Crippen MR) is 196 cm³/mol. The van der Waals surface area contributed by atoms with Crippen LogP contribution < -0.4 is 16.0 Å². The Kier molecular flexibility index (Phi) is 32.9. The summed E-state index contributed by atoms with van der Waals surface area (Å²) in [5.74, 6) is -2.35. The van der Waals surface area contributed by atoms with Gasteiger partial charge in [-0.1, -0.05) is 5.11 Å². The standard InChI is InChI=1S/C34H63N9O12/c1-29(44)41(50)20-8-2-5-16-36-30(45)11-13-33(48)42(51)21-9-3-6-17-37-31(46)12-14-34(49)43(52)22-10-4-7-18-38-32(47)15-23-53-25-27-55-28-26-54-24-19-39-40-35/h50-52H,2-28H2,1H3,(H,36,45)(H,37,46)(H,38,47). The fourth-order valence-electron chi connectivity index (χ4n) is 4.60. The molecule has 55 heavy (non-hydrogen) atoms. The molecule has 0 aliphatic carbocycles. The largest absolute Gasteiger partial charge is 0.379 e. The van der Waals surface area contributed by atoms with E-state index in [-0.39, 0.29) is 82.6 Å². The summed E-state index contributed by atoms with van der Waals surface area (Å²) in [4.78, 5) is 73.7. The first kappa shape index (κ1) is 50.9. The van der Waals surface area contributed by atoms with Gasteiger partial charge in [-0.05, 0) is 63.3 Å². The summed E-state index contributed by atoms with van der Waals surface area (Å²) >= 11 is 0. The van der Waals surface area contributed by atoms with Crippen LogP contribution in [0.2, 0.25) is 0 Å². The van der Waals surface area contributed by atoms with Gasteiger partial charge >= 0.3 is 0 Å². The molecule has 0 fully saturated rings. The fraction of sp³-hybridized carbons (Fsp3) is 0.824. The first-order valence-corrected chi connectivity index (χ1v) is 19.0. The number of azide groups is 1. The highest BCUT2D eigenvalue weighted by molar-refractivity contribution is 5.83. The molecule has 21 heteroatoms. The number of ether oxygens (including phenoxy) is 3. The minimum atomic E-state index is -0.569. The van der Waals surface area contributed by atoms with Crippen LogP contribution in [-0.4, -0.2) is 152 Å². The summed E-state index contributed by atoms with van der Waals surface area (Å²) in [5.41, 5.74) is 8.15. The predicted octanol–water partition coefficient (Wildman–Crippen LogP) is 1.83. The molecule has 0 aromatic rings. The van der Waals surface area contributed by atoms with Gasteiger partial charge in [-0.25, -0.2) is 15.2 Å². The smallest absolute Gasteiger partial charge is 0.246 e. The molecule has 0 heterocycles. The second-order valence-electron chi connectivity index (χ2n) is 12.4. The molecule has 316 valence electrons. The van der Waals surface area contributed by atoms with Gasteiger partial charge in [-0.2, -0.15) is 0 Å². The van der Waals surface area contributed by atoms with E-state index in [0.717, 1.165) is 0 Å². The van der Waals surface area contributed by atoms with Gasteiger partial charge in [0.15, 0.2) is 0 Å². The van der Waals surface area contributed by atoms with Gasteiger partial charge in [0.05, 0.1) is 39.6 Å². The van der Waals surface area contributed by atoms with E-state index in [1.54, 1.807) is 0 Å². The monoisotopic (exact) mass is 789 g/mol. The first-order valence-electron chi connectivity index (χ1n) is 19.0. The van der Waals surface area contributed by atoms with Crippen molar-refractivity contribution in [2.45, 2.75) is 96.8 Å². The maximum absolute atomic E-state index is 12.2. The maximum Gasteiger partial charge on any atom is 0.246 e. The van der Waals surface area contributed by atoms with E-state index in [4.69, 9.17) is 19.7 Å². The van der Waals surface area contributed by atoms with Crippen LogP contribution >= 0.6 is 0 Å². The highest BCUT2D eigenvalue weighted by Crippen LogP contribution is 2.04. The summed E-state index contributed by atoms with van der Waals surface area (Å²) in [6, 6.07) is 0. The molecule has 0 aromatic carbocycles. The Morgan fingerprint density at radius 3 is 1.33 bits per heavy atom. The number of unbranched alkanes of at least 4 members (excludes halogenated alkanes) is 6. The van der Waals surface area contributed by atoms with E-state index >= 15 is 0 Å². The SMILES string of the molecule is CC(=O)N(O)CCCCCNC(=O)CCC(=O)N(O)CCCCCNC(=O)CCC(=O)N(O)CCCCCNC(=O)CCOCCOCCOCCN=[N+]=[N-]. The molecule has 6 amide bonds. The number of nitrogens with zero attached hydrogens (tertiary/aromatic N) is 6. The molecule has 0 saturated heterocycles. The number of carbonyl (C=O) groups excluding carboxylic acids is 6. The molecule has 0 atom stereocenters. The number of carbonyl (C=O) groups is 6. The van der Waals surface area contributed by atoms with Gasteiger partial charge in [0.1, 0.15) is 0 Å². The number of hydrogen-bond acceptors (Lipinski definition) is 13. The molecule has 0 spiro atoms. The number of hydroxylamine groups is 6.